The number of thiazole rings is 1. The van der Waals surface area contributed by atoms with Crippen molar-refractivity contribution >= 4 is 50.1 Å². The van der Waals surface area contributed by atoms with Gasteiger partial charge in [0.15, 0.2) is 5.82 Å². The minimum absolute atomic E-state index is 0.0245. The first-order valence-electron chi connectivity index (χ1n) is 11.3. The zero-order valence-electron chi connectivity index (χ0n) is 18.6. The maximum atomic E-state index is 14.7. The number of hydrogen-bond donors (Lipinski definition) is 2. The number of piperidine rings is 1. The lowest BCUT2D eigenvalue weighted by Gasteiger charge is -2.33. The SMILES string of the molecule is CCC(=O)NC1CCN(c2nc(NCc3nc4ccccc4s3)nc3c(F)cc(F)cc23)CC1. The minimum Gasteiger partial charge on any atom is -0.356 e. The molecular formula is C24H24F2N6OS. The molecule has 1 aliphatic heterocycles. The molecule has 0 spiro atoms. The summed E-state index contributed by atoms with van der Waals surface area (Å²) >= 11 is 1.57. The van der Waals surface area contributed by atoms with Crippen LogP contribution in [0.3, 0.4) is 0 Å². The second kappa shape index (κ2) is 9.46. The molecule has 2 aromatic heterocycles. The van der Waals surface area contributed by atoms with E-state index < -0.39 is 11.6 Å². The lowest BCUT2D eigenvalue weighted by atomic mass is 10.0. The Morgan fingerprint density at radius 1 is 1.15 bits per heavy atom. The number of carbonyl (C=O) groups excluding carboxylic acids is 1. The topological polar surface area (TPSA) is 83.0 Å². The predicted molar refractivity (Wildman–Crippen MR) is 130 cm³/mol. The molecule has 0 radical (unpaired) electrons. The van der Waals surface area contributed by atoms with Gasteiger partial charge >= 0.3 is 0 Å². The van der Waals surface area contributed by atoms with Gasteiger partial charge in [0.25, 0.3) is 0 Å². The van der Waals surface area contributed by atoms with Crippen LogP contribution in [0.4, 0.5) is 20.5 Å². The summed E-state index contributed by atoms with van der Waals surface area (Å²) in [6, 6.07) is 10.1. The number of anilines is 2. The van der Waals surface area contributed by atoms with E-state index in [-0.39, 0.29) is 23.4 Å². The van der Waals surface area contributed by atoms with Crippen LogP contribution < -0.4 is 15.5 Å². The van der Waals surface area contributed by atoms with Crippen molar-refractivity contribution in [2.45, 2.75) is 38.8 Å². The number of rotatable bonds is 6. The van der Waals surface area contributed by atoms with E-state index >= 15 is 0 Å². The third-order valence-electron chi connectivity index (χ3n) is 5.92. The predicted octanol–water partition coefficient (Wildman–Crippen LogP) is 4.62. The molecule has 3 heterocycles. The molecule has 4 aromatic rings. The van der Waals surface area contributed by atoms with Crippen molar-refractivity contribution in [3.63, 3.8) is 0 Å². The molecule has 0 unspecified atom stereocenters. The first-order chi connectivity index (χ1) is 16.5. The van der Waals surface area contributed by atoms with Gasteiger partial charge in [-0.1, -0.05) is 19.1 Å². The van der Waals surface area contributed by atoms with Crippen LogP contribution in [-0.2, 0) is 11.3 Å². The van der Waals surface area contributed by atoms with E-state index in [0.29, 0.717) is 37.3 Å². The average Bonchev–Trinajstić information content (AvgIpc) is 3.26. The normalized spacial score (nSPS) is 14.6. The van der Waals surface area contributed by atoms with Crippen molar-refractivity contribution in [1.82, 2.24) is 20.3 Å². The molecule has 0 aliphatic carbocycles. The summed E-state index contributed by atoms with van der Waals surface area (Å²) in [6.07, 6.45) is 1.89. The monoisotopic (exact) mass is 482 g/mol. The van der Waals surface area contributed by atoms with Crippen LogP contribution >= 0.6 is 11.3 Å². The molecule has 176 valence electrons. The van der Waals surface area contributed by atoms with Gasteiger partial charge in [-0.05, 0) is 31.0 Å². The molecule has 0 bridgehead atoms. The number of benzene rings is 2. The zero-order valence-corrected chi connectivity index (χ0v) is 19.5. The van der Waals surface area contributed by atoms with Gasteiger partial charge in [-0.25, -0.2) is 18.7 Å². The molecule has 34 heavy (non-hydrogen) atoms. The van der Waals surface area contributed by atoms with Crippen LogP contribution in [-0.4, -0.2) is 40.0 Å². The Labute approximate surface area is 199 Å². The third-order valence-corrected chi connectivity index (χ3v) is 6.95. The number of halogens is 2. The fraction of sp³-hybridized carbons (Fsp3) is 0.333. The molecule has 0 atom stereocenters. The molecule has 1 amide bonds. The van der Waals surface area contributed by atoms with Gasteiger partial charge in [-0.2, -0.15) is 4.98 Å². The van der Waals surface area contributed by atoms with E-state index in [0.717, 1.165) is 34.1 Å². The summed E-state index contributed by atoms with van der Waals surface area (Å²) in [4.78, 5) is 27.3. The van der Waals surface area contributed by atoms with Crippen molar-refractivity contribution < 1.29 is 13.6 Å². The van der Waals surface area contributed by atoms with E-state index in [9.17, 15) is 13.6 Å². The molecule has 7 nitrogen and oxygen atoms in total. The van der Waals surface area contributed by atoms with E-state index in [1.54, 1.807) is 11.3 Å². The van der Waals surface area contributed by atoms with Gasteiger partial charge in [-0.3, -0.25) is 4.79 Å². The smallest absolute Gasteiger partial charge is 0.225 e. The van der Waals surface area contributed by atoms with E-state index in [2.05, 4.69) is 25.6 Å². The van der Waals surface area contributed by atoms with Gasteiger partial charge in [0.05, 0.1) is 16.8 Å². The van der Waals surface area contributed by atoms with Crippen molar-refractivity contribution in [3.05, 3.63) is 53.0 Å². The first kappa shape index (κ1) is 22.4. The highest BCUT2D eigenvalue weighted by Crippen LogP contribution is 2.30. The number of hydrogen-bond acceptors (Lipinski definition) is 7. The summed E-state index contributed by atoms with van der Waals surface area (Å²) in [6.45, 7) is 3.42. The van der Waals surface area contributed by atoms with Gasteiger partial charge in [0, 0.05) is 37.0 Å². The highest BCUT2D eigenvalue weighted by atomic mass is 32.1. The van der Waals surface area contributed by atoms with Gasteiger partial charge in [-0.15, -0.1) is 11.3 Å². The summed E-state index contributed by atoms with van der Waals surface area (Å²) in [5.74, 6) is -0.637. The Balaban J connectivity index is 1.41. The van der Waals surface area contributed by atoms with Gasteiger partial charge in [0.2, 0.25) is 11.9 Å². The van der Waals surface area contributed by atoms with Crippen molar-refractivity contribution in [1.29, 1.82) is 0 Å². The summed E-state index contributed by atoms with van der Waals surface area (Å²) in [5.41, 5.74) is 0.989. The molecule has 5 rings (SSSR count). The van der Waals surface area contributed by atoms with Crippen molar-refractivity contribution in [2.24, 2.45) is 0 Å². The molecule has 1 fully saturated rings. The van der Waals surface area contributed by atoms with Crippen LogP contribution in [0, 0.1) is 11.6 Å². The number of nitrogens with one attached hydrogen (secondary N) is 2. The largest absolute Gasteiger partial charge is 0.356 e. The first-order valence-corrected chi connectivity index (χ1v) is 12.1. The van der Waals surface area contributed by atoms with Crippen LogP contribution in [0.1, 0.15) is 31.2 Å². The minimum atomic E-state index is -0.730. The Morgan fingerprint density at radius 2 is 1.94 bits per heavy atom. The maximum absolute atomic E-state index is 14.7. The van der Waals surface area contributed by atoms with E-state index in [4.69, 9.17) is 0 Å². The zero-order chi connectivity index (χ0) is 23.7. The molecular weight excluding hydrogens is 458 g/mol. The van der Waals surface area contributed by atoms with Gasteiger partial charge < -0.3 is 15.5 Å². The fourth-order valence-corrected chi connectivity index (χ4v) is 5.08. The molecule has 2 N–H and O–H groups in total. The average molecular weight is 483 g/mol. The molecule has 10 heteroatoms. The molecule has 1 saturated heterocycles. The molecule has 1 aliphatic rings. The number of aromatic nitrogens is 3. The van der Waals surface area contributed by atoms with E-state index in [1.807, 2.05) is 36.1 Å². The highest BCUT2D eigenvalue weighted by molar-refractivity contribution is 7.18. The van der Waals surface area contributed by atoms with Crippen molar-refractivity contribution in [2.75, 3.05) is 23.3 Å². The molecule has 2 aromatic carbocycles. The fourth-order valence-electron chi connectivity index (χ4n) is 4.18. The summed E-state index contributed by atoms with van der Waals surface area (Å²) < 4.78 is 29.8. The van der Waals surface area contributed by atoms with Crippen LogP contribution in [0.5, 0.6) is 0 Å². The van der Waals surface area contributed by atoms with Crippen LogP contribution in [0.2, 0.25) is 0 Å². The summed E-state index contributed by atoms with van der Waals surface area (Å²) in [5, 5.41) is 7.37. The Bertz CT molecular complexity index is 1320. The second-order valence-corrected chi connectivity index (χ2v) is 9.38. The highest BCUT2D eigenvalue weighted by Gasteiger charge is 2.24. The lowest BCUT2D eigenvalue weighted by molar-refractivity contribution is -0.121. The van der Waals surface area contributed by atoms with E-state index in [1.165, 1.54) is 6.07 Å². The van der Waals surface area contributed by atoms with Crippen LogP contribution in [0.15, 0.2) is 36.4 Å². The maximum Gasteiger partial charge on any atom is 0.225 e. The number of nitrogens with zero attached hydrogens (tertiary/aromatic N) is 4. The number of fused-ring (bicyclic) bond motifs is 2. The molecule has 0 saturated carbocycles. The van der Waals surface area contributed by atoms with Gasteiger partial charge in [0.1, 0.15) is 22.2 Å². The standard InChI is InChI=1S/C24H24F2N6OS/c1-2-20(33)28-15-7-9-32(10-8-15)23-16-11-14(25)12-17(26)22(16)30-24(31-23)27-13-21-29-18-5-3-4-6-19(18)34-21/h3-6,11-12,15H,2,7-10,13H2,1H3,(H,28,33)(H,27,30,31). The van der Waals surface area contributed by atoms with Crippen molar-refractivity contribution in [3.8, 4) is 0 Å². The second-order valence-electron chi connectivity index (χ2n) is 8.27. The van der Waals surface area contributed by atoms with Crippen LogP contribution in [0.25, 0.3) is 21.1 Å². The Morgan fingerprint density at radius 3 is 2.71 bits per heavy atom. The lowest BCUT2D eigenvalue weighted by Crippen LogP contribution is -2.44. The number of amides is 1. The summed E-state index contributed by atoms with van der Waals surface area (Å²) in [7, 11) is 0. The number of para-hydroxylation sites is 1. The third kappa shape index (κ3) is 4.63. The quantitative estimate of drug-likeness (QED) is 0.417. The Hall–Kier alpha value is -3.40. The Kier molecular flexibility index (Phi) is 6.23. The number of carbonyl (C=O) groups is 1.